The summed E-state index contributed by atoms with van der Waals surface area (Å²) in [7, 11) is 0. The zero-order chi connectivity index (χ0) is 40.9. The SMILES string of the molecule is Cc1ccc(C)c(OCCCC(C)(C)C(=O)Nc2ccc(O)c(C=NCCN=Cc3cc(NC(=O)C(C)(C)CCCOc4cc(C)ccc4C)ccc3O)c2)c1.[Fe]. The minimum Gasteiger partial charge on any atom is -0.507 e. The van der Waals surface area contributed by atoms with Crippen LogP contribution in [0.25, 0.3) is 0 Å². The first kappa shape index (κ1) is 46.3. The van der Waals surface area contributed by atoms with Gasteiger partial charge in [-0.05, 0) is 124 Å². The van der Waals surface area contributed by atoms with Crippen LogP contribution in [0.5, 0.6) is 23.0 Å². The molecule has 0 aliphatic rings. The molecule has 306 valence electrons. The number of ether oxygens (including phenoxy) is 2. The van der Waals surface area contributed by atoms with Crippen LogP contribution in [0.4, 0.5) is 11.4 Å². The quantitative estimate of drug-likeness (QED) is 0.0322. The van der Waals surface area contributed by atoms with Gasteiger partial charge in [-0.15, -0.1) is 0 Å². The number of aliphatic imine (C=N–C) groups is 2. The Bertz CT molecular complexity index is 1900. The van der Waals surface area contributed by atoms with Gasteiger partial charge in [0.2, 0.25) is 11.8 Å². The zero-order valence-electron chi connectivity index (χ0n) is 34.5. The van der Waals surface area contributed by atoms with Crippen molar-refractivity contribution in [3.05, 3.63) is 106 Å². The number of hydrogen-bond acceptors (Lipinski definition) is 8. The maximum atomic E-state index is 13.2. The van der Waals surface area contributed by atoms with Crippen LogP contribution in [0.2, 0.25) is 0 Å². The summed E-state index contributed by atoms with van der Waals surface area (Å²) < 4.78 is 11.9. The Balaban J connectivity index is 0.00000870. The van der Waals surface area contributed by atoms with Crippen molar-refractivity contribution < 1.29 is 46.3 Å². The first-order chi connectivity index (χ1) is 26.5. The number of phenols is 2. The standard InChI is InChI=1S/C46H58N4O6.Fe/c1-31-11-13-33(3)41(25-31)55-23-9-19-45(5,6)43(53)49-37-15-17-39(51)35(27-37)29-47-21-22-48-30-36-28-38(16-18-40(36)52)50-44(54)46(7,8)20-10-24-56-42-26-32(2)12-14-34(42)4;/h11-18,25-30,51-52H,9-10,19-24H2,1-8H3,(H,49,53)(H,50,54);. The van der Waals surface area contributed by atoms with Gasteiger partial charge in [-0.1, -0.05) is 52.0 Å². The van der Waals surface area contributed by atoms with E-state index >= 15 is 0 Å². The Kier molecular flexibility index (Phi) is 17.4. The van der Waals surface area contributed by atoms with Gasteiger partial charge in [0, 0.05) is 62.8 Å². The summed E-state index contributed by atoms with van der Waals surface area (Å²) in [6, 6.07) is 22.0. The minimum absolute atomic E-state index is 0. The van der Waals surface area contributed by atoms with Crippen LogP contribution in [0, 0.1) is 38.5 Å². The maximum Gasteiger partial charge on any atom is 0.230 e. The summed E-state index contributed by atoms with van der Waals surface area (Å²) in [5, 5.41) is 26.8. The molecular weight excluding hydrogens is 760 g/mol. The van der Waals surface area contributed by atoms with E-state index in [1.165, 1.54) is 12.1 Å². The van der Waals surface area contributed by atoms with E-state index in [1.807, 2.05) is 79.7 Å². The fourth-order valence-corrected chi connectivity index (χ4v) is 5.86. The molecule has 0 aliphatic carbocycles. The molecule has 4 N–H and O–H groups in total. The van der Waals surface area contributed by atoms with Gasteiger partial charge >= 0.3 is 0 Å². The van der Waals surface area contributed by atoms with Gasteiger partial charge in [0.15, 0.2) is 0 Å². The van der Waals surface area contributed by atoms with Gasteiger partial charge in [-0.25, -0.2) is 0 Å². The molecule has 4 rings (SSSR count). The van der Waals surface area contributed by atoms with E-state index in [2.05, 4.69) is 32.8 Å². The summed E-state index contributed by atoms with van der Waals surface area (Å²) in [4.78, 5) is 35.2. The second kappa shape index (κ2) is 21.4. The first-order valence-corrected chi connectivity index (χ1v) is 19.2. The average Bonchev–Trinajstić information content (AvgIpc) is 3.15. The number of carbonyl (C=O) groups excluding carboxylic acids is 2. The molecule has 57 heavy (non-hydrogen) atoms. The largest absolute Gasteiger partial charge is 0.507 e. The molecule has 0 aromatic heterocycles. The van der Waals surface area contributed by atoms with Gasteiger partial charge in [-0.2, -0.15) is 0 Å². The second-order valence-corrected chi connectivity index (χ2v) is 15.7. The molecule has 4 aromatic carbocycles. The second-order valence-electron chi connectivity index (χ2n) is 15.7. The van der Waals surface area contributed by atoms with Crippen LogP contribution in [-0.4, -0.2) is 60.8 Å². The number of hydrogen-bond donors (Lipinski definition) is 4. The number of nitrogens with zero attached hydrogens (tertiary/aromatic N) is 2. The van der Waals surface area contributed by atoms with Crippen molar-refractivity contribution in [2.75, 3.05) is 36.9 Å². The number of aryl methyl sites for hydroxylation is 4. The monoisotopic (exact) mass is 818 g/mol. The number of anilines is 2. The summed E-state index contributed by atoms with van der Waals surface area (Å²) in [5.74, 6) is 1.56. The predicted molar refractivity (Wildman–Crippen MR) is 227 cm³/mol. The molecule has 0 heterocycles. The van der Waals surface area contributed by atoms with Crippen molar-refractivity contribution in [1.82, 2.24) is 0 Å². The van der Waals surface area contributed by atoms with E-state index in [0.29, 0.717) is 61.6 Å². The zero-order valence-corrected chi connectivity index (χ0v) is 35.6. The summed E-state index contributed by atoms with van der Waals surface area (Å²) in [5.41, 5.74) is 5.21. The maximum absolute atomic E-state index is 13.2. The molecule has 0 radical (unpaired) electrons. The molecule has 2 amide bonds. The normalized spacial score (nSPS) is 11.7. The number of nitrogens with one attached hydrogen (secondary N) is 2. The number of aromatic hydroxyl groups is 2. The first-order valence-electron chi connectivity index (χ1n) is 19.2. The van der Waals surface area contributed by atoms with Crippen LogP contribution in [0.3, 0.4) is 0 Å². The van der Waals surface area contributed by atoms with Crippen LogP contribution < -0.4 is 20.1 Å². The number of amides is 2. The number of rotatable bonds is 19. The molecule has 0 aliphatic heterocycles. The Morgan fingerprint density at radius 2 is 1.00 bits per heavy atom. The predicted octanol–water partition coefficient (Wildman–Crippen LogP) is 9.51. The van der Waals surface area contributed by atoms with Crippen molar-refractivity contribution in [1.29, 1.82) is 0 Å². The molecular formula is C46H58FeN4O6. The van der Waals surface area contributed by atoms with Crippen molar-refractivity contribution in [2.24, 2.45) is 20.8 Å². The Labute approximate surface area is 348 Å². The molecule has 11 heteroatoms. The molecule has 0 bridgehead atoms. The smallest absolute Gasteiger partial charge is 0.230 e. The van der Waals surface area contributed by atoms with E-state index in [4.69, 9.17) is 9.47 Å². The molecule has 0 saturated heterocycles. The summed E-state index contributed by atoms with van der Waals surface area (Å²) in [6.07, 6.45) is 5.80. The third-order valence-electron chi connectivity index (χ3n) is 9.71. The topological polar surface area (TPSA) is 142 Å². The van der Waals surface area contributed by atoms with Gasteiger partial charge in [-0.3, -0.25) is 19.6 Å². The third-order valence-corrected chi connectivity index (χ3v) is 9.71. The number of phenolic OH excluding ortho intramolecular Hbond substituents is 2. The van der Waals surface area contributed by atoms with Gasteiger partial charge in [0.1, 0.15) is 23.0 Å². The Morgan fingerprint density at radius 1 is 0.614 bits per heavy atom. The molecule has 0 fully saturated rings. The summed E-state index contributed by atoms with van der Waals surface area (Å²) in [6.45, 7) is 17.4. The van der Waals surface area contributed by atoms with Gasteiger partial charge in [0.05, 0.1) is 26.3 Å². The third kappa shape index (κ3) is 14.4. The average molecular weight is 819 g/mol. The van der Waals surface area contributed by atoms with E-state index in [9.17, 15) is 19.8 Å². The van der Waals surface area contributed by atoms with E-state index in [1.54, 1.807) is 36.7 Å². The van der Waals surface area contributed by atoms with Crippen molar-refractivity contribution >= 4 is 35.6 Å². The van der Waals surface area contributed by atoms with Crippen LogP contribution >= 0.6 is 0 Å². The van der Waals surface area contributed by atoms with E-state index in [-0.39, 0.29) is 40.4 Å². The molecule has 4 aromatic rings. The molecule has 0 spiro atoms. The van der Waals surface area contributed by atoms with Crippen molar-refractivity contribution in [2.45, 2.75) is 81.1 Å². The van der Waals surface area contributed by atoms with Crippen LogP contribution in [-0.2, 0) is 26.7 Å². The molecule has 0 atom stereocenters. The number of benzene rings is 4. The van der Waals surface area contributed by atoms with Crippen LogP contribution in [0.1, 0.15) is 86.8 Å². The molecule has 10 nitrogen and oxygen atoms in total. The van der Waals surface area contributed by atoms with Crippen molar-refractivity contribution in [3.8, 4) is 23.0 Å². The fourth-order valence-electron chi connectivity index (χ4n) is 5.86. The molecule has 0 unspecified atom stereocenters. The molecule has 0 saturated carbocycles. The minimum atomic E-state index is -0.636. The van der Waals surface area contributed by atoms with Crippen molar-refractivity contribution in [3.63, 3.8) is 0 Å². The van der Waals surface area contributed by atoms with E-state index < -0.39 is 10.8 Å². The van der Waals surface area contributed by atoms with Crippen LogP contribution in [0.15, 0.2) is 82.8 Å². The van der Waals surface area contributed by atoms with Gasteiger partial charge < -0.3 is 30.3 Å². The Morgan fingerprint density at radius 3 is 1.39 bits per heavy atom. The van der Waals surface area contributed by atoms with Gasteiger partial charge in [0.25, 0.3) is 0 Å². The summed E-state index contributed by atoms with van der Waals surface area (Å²) >= 11 is 0. The Hall–Kier alpha value is -5.12. The van der Waals surface area contributed by atoms with E-state index in [0.717, 1.165) is 46.6 Å². The fraction of sp³-hybridized carbons (Fsp3) is 0.391. The number of carbonyl (C=O) groups is 2.